The fraction of sp³-hybridized carbons (Fsp3) is 0.571. The van der Waals surface area contributed by atoms with Crippen molar-refractivity contribution in [1.82, 2.24) is 10.2 Å². The Bertz CT molecular complexity index is 359. The van der Waals surface area contributed by atoms with Gasteiger partial charge in [-0.2, -0.15) is 0 Å². The summed E-state index contributed by atoms with van der Waals surface area (Å²) in [6.45, 7) is 2.92. The molecule has 1 aromatic rings. The molecule has 0 saturated heterocycles. The van der Waals surface area contributed by atoms with E-state index >= 15 is 0 Å². The van der Waals surface area contributed by atoms with Gasteiger partial charge in [0.1, 0.15) is 5.82 Å². The smallest absolute Gasteiger partial charge is 0.127 e. The quantitative estimate of drug-likeness (QED) is 0.778. The standard InChI is InChI=1S/C14H23FN2O/c1-11(10-18)17(3)9-8-14(16-2)12-6-4-5-7-13(12)15/h4-7,11,14,16,18H,8-10H2,1-3H3. The maximum absolute atomic E-state index is 13.7. The van der Waals surface area contributed by atoms with E-state index in [1.54, 1.807) is 6.07 Å². The molecule has 1 rings (SSSR count). The number of nitrogens with zero attached hydrogens (tertiary/aromatic N) is 1. The van der Waals surface area contributed by atoms with Crippen molar-refractivity contribution in [3.63, 3.8) is 0 Å². The van der Waals surface area contributed by atoms with E-state index in [2.05, 4.69) is 10.2 Å². The van der Waals surface area contributed by atoms with Crippen molar-refractivity contribution in [1.29, 1.82) is 0 Å². The molecule has 0 aromatic heterocycles. The first-order valence-corrected chi connectivity index (χ1v) is 6.33. The van der Waals surface area contributed by atoms with E-state index in [0.717, 1.165) is 13.0 Å². The zero-order valence-corrected chi connectivity index (χ0v) is 11.4. The number of benzene rings is 1. The predicted octanol–water partition coefficient (Wildman–Crippen LogP) is 1.79. The monoisotopic (exact) mass is 254 g/mol. The van der Waals surface area contributed by atoms with E-state index in [9.17, 15) is 4.39 Å². The lowest BCUT2D eigenvalue weighted by molar-refractivity contribution is 0.154. The maximum atomic E-state index is 13.7. The van der Waals surface area contributed by atoms with Crippen LogP contribution < -0.4 is 5.32 Å². The van der Waals surface area contributed by atoms with Gasteiger partial charge in [-0.15, -0.1) is 0 Å². The van der Waals surface area contributed by atoms with Crippen molar-refractivity contribution in [2.45, 2.75) is 25.4 Å². The Morgan fingerprint density at radius 2 is 2.06 bits per heavy atom. The Balaban J connectivity index is 2.61. The number of hydrogen-bond acceptors (Lipinski definition) is 3. The Kier molecular flexibility index (Phi) is 6.25. The number of likely N-dealkylation sites (N-methyl/N-ethyl adjacent to an activating group) is 1. The van der Waals surface area contributed by atoms with Crippen LogP contribution >= 0.6 is 0 Å². The summed E-state index contributed by atoms with van der Waals surface area (Å²) >= 11 is 0. The molecule has 18 heavy (non-hydrogen) atoms. The summed E-state index contributed by atoms with van der Waals surface area (Å²) in [7, 11) is 3.81. The van der Waals surface area contributed by atoms with Crippen molar-refractivity contribution in [3.05, 3.63) is 35.6 Å². The lowest BCUT2D eigenvalue weighted by atomic mass is 10.0. The minimum Gasteiger partial charge on any atom is -0.395 e. The van der Waals surface area contributed by atoms with Crippen LogP contribution in [0.15, 0.2) is 24.3 Å². The highest BCUT2D eigenvalue weighted by atomic mass is 19.1. The van der Waals surface area contributed by atoms with E-state index in [1.165, 1.54) is 6.07 Å². The van der Waals surface area contributed by atoms with Gasteiger partial charge in [-0.1, -0.05) is 18.2 Å². The second-order valence-corrected chi connectivity index (χ2v) is 4.66. The highest BCUT2D eigenvalue weighted by Crippen LogP contribution is 2.20. The molecule has 2 unspecified atom stereocenters. The predicted molar refractivity (Wildman–Crippen MR) is 72.0 cm³/mol. The third kappa shape index (κ3) is 4.05. The zero-order valence-electron chi connectivity index (χ0n) is 11.4. The summed E-state index contributed by atoms with van der Waals surface area (Å²) in [5.41, 5.74) is 0.699. The highest BCUT2D eigenvalue weighted by molar-refractivity contribution is 5.21. The fourth-order valence-electron chi connectivity index (χ4n) is 1.91. The molecule has 0 aliphatic heterocycles. The largest absolute Gasteiger partial charge is 0.395 e. The molecule has 0 aliphatic carbocycles. The van der Waals surface area contributed by atoms with Crippen LogP contribution in [0, 0.1) is 5.82 Å². The number of nitrogens with one attached hydrogen (secondary N) is 1. The van der Waals surface area contributed by atoms with E-state index in [1.807, 2.05) is 33.2 Å². The first-order valence-electron chi connectivity index (χ1n) is 6.33. The summed E-state index contributed by atoms with van der Waals surface area (Å²) in [6.07, 6.45) is 0.804. The first kappa shape index (κ1) is 15.1. The SMILES string of the molecule is CNC(CCN(C)C(C)CO)c1ccccc1F. The molecule has 0 fully saturated rings. The van der Waals surface area contributed by atoms with Gasteiger partial charge in [0.2, 0.25) is 0 Å². The summed E-state index contributed by atoms with van der Waals surface area (Å²) in [5.74, 6) is -0.172. The minimum atomic E-state index is -0.172. The average Bonchev–Trinajstić information content (AvgIpc) is 2.40. The molecule has 0 spiro atoms. The van der Waals surface area contributed by atoms with Crippen molar-refractivity contribution in [2.75, 3.05) is 27.2 Å². The van der Waals surface area contributed by atoms with Crippen LogP contribution in [0.5, 0.6) is 0 Å². The Morgan fingerprint density at radius 1 is 1.39 bits per heavy atom. The summed E-state index contributed by atoms with van der Waals surface area (Å²) < 4.78 is 13.7. The molecule has 102 valence electrons. The van der Waals surface area contributed by atoms with Gasteiger partial charge in [0.05, 0.1) is 6.61 Å². The minimum absolute atomic E-state index is 0.000423. The van der Waals surface area contributed by atoms with Crippen LogP contribution in [0.2, 0.25) is 0 Å². The fourth-order valence-corrected chi connectivity index (χ4v) is 1.91. The maximum Gasteiger partial charge on any atom is 0.127 e. The van der Waals surface area contributed by atoms with Gasteiger partial charge < -0.3 is 15.3 Å². The molecule has 4 heteroatoms. The van der Waals surface area contributed by atoms with E-state index < -0.39 is 0 Å². The van der Waals surface area contributed by atoms with Gasteiger partial charge in [-0.05, 0) is 33.5 Å². The first-order chi connectivity index (χ1) is 8.60. The van der Waals surface area contributed by atoms with Crippen LogP contribution in [0.3, 0.4) is 0 Å². The van der Waals surface area contributed by atoms with E-state index in [-0.39, 0.29) is 24.5 Å². The molecule has 0 bridgehead atoms. The second kappa shape index (κ2) is 7.46. The molecular formula is C14H23FN2O. The Labute approximate surface area is 109 Å². The van der Waals surface area contributed by atoms with E-state index in [0.29, 0.717) is 5.56 Å². The van der Waals surface area contributed by atoms with Gasteiger partial charge in [-0.3, -0.25) is 0 Å². The van der Waals surface area contributed by atoms with Gasteiger partial charge in [0, 0.05) is 24.2 Å². The highest BCUT2D eigenvalue weighted by Gasteiger charge is 2.15. The van der Waals surface area contributed by atoms with Crippen molar-refractivity contribution >= 4 is 0 Å². The molecule has 0 saturated carbocycles. The van der Waals surface area contributed by atoms with Gasteiger partial charge in [-0.25, -0.2) is 4.39 Å². The van der Waals surface area contributed by atoms with Crippen LogP contribution in [-0.4, -0.2) is 43.3 Å². The molecule has 1 aromatic carbocycles. The number of aliphatic hydroxyl groups is 1. The molecule has 0 heterocycles. The van der Waals surface area contributed by atoms with Crippen molar-refractivity contribution < 1.29 is 9.50 Å². The topological polar surface area (TPSA) is 35.5 Å². The number of aliphatic hydroxyl groups excluding tert-OH is 1. The number of rotatable bonds is 7. The Morgan fingerprint density at radius 3 is 2.61 bits per heavy atom. The molecule has 0 amide bonds. The molecule has 0 radical (unpaired) electrons. The molecule has 2 N–H and O–H groups in total. The number of hydrogen-bond donors (Lipinski definition) is 2. The lowest BCUT2D eigenvalue weighted by Crippen LogP contribution is -2.34. The van der Waals surface area contributed by atoms with Crippen LogP contribution in [0.4, 0.5) is 4.39 Å². The van der Waals surface area contributed by atoms with Gasteiger partial charge >= 0.3 is 0 Å². The van der Waals surface area contributed by atoms with Crippen molar-refractivity contribution in [3.8, 4) is 0 Å². The lowest BCUT2D eigenvalue weighted by Gasteiger charge is -2.25. The molecule has 2 atom stereocenters. The molecular weight excluding hydrogens is 231 g/mol. The second-order valence-electron chi connectivity index (χ2n) is 4.66. The van der Waals surface area contributed by atoms with Crippen LogP contribution in [0.1, 0.15) is 24.9 Å². The van der Waals surface area contributed by atoms with Gasteiger partial charge in [0.25, 0.3) is 0 Å². The number of halogens is 1. The summed E-state index contributed by atoms with van der Waals surface area (Å²) in [6, 6.07) is 6.97. The third-order valence-corrected chi connectivity index (χ3v) is 3.42. The van der Waals surface area contributed by atoms with Crippen LogP contribution in [-0.2, 0) is 0 Å². The summed E-state index contributed by atoms with van der Waals surface area (Å²) in [5, 5.41) is 12.2. The van der Waals surface area contributed by atoms with Gasteiger partial charge in [0.15, 0.2) is 0 Å². The van der Waals surface area contributed by atoms with Crippen LogP contribution in [0.25, 0.3) is 0 Å². The molecule has 3 nitrogen and oxygen atoms in total. The average molecular weight is 254 g/mol. The normalized spacial score (nSPS) is 14.8. The third-order valence-electron chi connectivity index (χ3n) is 3.42. The van der Waals surface area contributed by atoms with Crippen molar-refractivity contribution in [2.24, 2.45) is 0 Å². The molecule has 0 aliphatic rings. The van der Waals surface area contributed by atoms with E-state index in [4.69, 9.17) is 5.11 Å². The summed E-state index contributed by atoms with van der Waals surface area (Å²) in [4.78, 5) is 2.07. The Hall–Kier alpha value is -0.970. The zero-order chi connectivity index (χ0) is 13.5.